The number of nitrogens with two attached hydrogens (primary N) is 1. The van der Waals surface area contributed by atoms with E-state index in [-0.39, 0.29) is 5.91 Å². The first-order valence-electron chi connectivity index (χ1n) is 7.30. The fourth-order valence-electron chi connectivity index (χ4n) is 2.16. The topological polar surface area (TPSA) is 55.6 Å². The summed E-state index contributed by atoms with van der Waals surface area (Å²) < 4.78 is 5.13. The van der Waals surface area contributed by atoms with Crippen molar-refractivity contribution in [1.82, 2.24) is 4.90 Å². The van der Waals surface area contributed by atoms with E-state index in [1.165, 1.54) is 5.56 Å². The zero-order valence-electron chi connectivity index (χ0n) is 13.1. The van der Waals surface area contributed by atoms with E-state index >= 15 is 0 Å². The van der Waals surface area contributed by atoms with Crippen LogP contribution in [0.5, 0.6) is 5.75 Å². The van der Waals surface area contributed by atoms with Gasteiger partial charge in [-0.15, -0.1) is 0 Å². The summed E-state index contributed by atoms with van der Waals surface area (Å²) in [4.78, 5) is 14.0. The third-order valence-electron chi connectivity index (χ3n) is 3.66. The maximum atomic E-state index is 12.2. The number of hydrogen-bond acceptors (Lipinski definition) is 3. The minimum absolute atomic E-state index is 0.110. The predicted octanol–water partition coefficient (Wildman–Crippen LogP) is 2.52. The van der Waals surface area contributed by atoms with Gasteiger partial charge >= 0.3 is 0 Å². The van der Waals surface area contributed by atoms with Gasteiger partial charge in [-0.05, 0) is 41.8 Å². The first-order valence-corrected chi connectivity index (χ1v) is 7.30. The lowest BCUT2D eigenvalue weighted by Crippen LogP contribution is -2.30. The normalized spacial score (nSPS) is 10.3. The van der Waals surface area contributed by atoms with Gasteiger partial charge in [0.25, 0.3) is 0 Å². The van der Waals surface area contributed by atoms with Crippen LogP contribution < -0.4 is 10.5 Å². The minimum atomic E-state index is 0.110. The molecule has 2 aromatic rings. The molecule has 0 aliphatic heterocycles. The van der Waals surface area contributed by atoms with Crippen molar-refractivity contribution in [2.45, 2.75) is 12.8 Å². The van der Waals surface area contributed by atoms with Gasteiger partial charge in [0, 0.05) is 19.3 Å². The van der Waals surface area contributed by atoms with Crippen LogP contribution in [0.15, 0.2) is 48.5 Å². The van der Waals surface area contributed by atoms with Crippen molar-refractivity contribution in [2.75, 3.05) is 26.4 Å². The minimum Gasteiger partial charge on any atom is -0.497 e. The second-order valence-electron chi connectivity index (χ2n) is 5.33. The molecule has 2 aromatic carbocycles. The highest BCUT2D eigenvalue weighted by atomic mass is 16.5. The van der Waals surface area contributed by atoms with Crippen molar-refractivity contribution in [1.29, 1.82) is 0 Å². The molecule has 4 heteroatoms. The summed E-state index contributed by atoms with van der Waals surface area (Å²) in [6, 6.07) is 15.3. The van der Waals surface area contributed by atoms with E-state index in [0.717, 1.165) is 17.7 Å². The number of hydrogen-bond donors (Lipinski definition) is 1. The number of nitrogen functional groups attached to an aromatic ring is 1. The number of anilines is 1. The van der Waals surface area contributed by atoms with Crippen LogP contribution in [0.2, 0.25) is 0 Å². The van der Waals surface area contributed by atoms with Gasteiger partial charge in [0.1, 0.15) is 5.75 Å². The Kier molecular flexibility index (Phi) is 5.42. The molecular weight excluding hydrogens is 276 g/mol. The zero-order chi connectivity index (χ0) is 15.9. The molecule has 0 saturated heterocycles. The van der Waals surface area contributed by atoms with E-state index in [2.05, 4.69) is 0 Å². The number of carbonyl (C=O) groups excluding carboxylic acids is 1. The van der Waals surface area contributed by atoms with Crippen LogP contribution in [0.3, 0.4) is 0 Å². The van der Waals surface area contributed by atoms with Crippen molar-refractivity contribution in [2.24, 2.45) is 0 Å². The summed E-state index contributed by atoms with van der Waals surface area (Å²) in [5, 5.41) is 0. The first-order chi connectivity index (χ1) is 10.6. The van der Waals surface area contributed by atoms with Crippen molar-refractivity contribution < 1.29 is 9.53 Å². The smallest absolute Gasteiger partial charge is 0.226 e. The second kappa shape index (κ2) is 7.50. The summed E-state index contributed by atoms with van der Waals surface area (Å²) in [5.41, 5.74) is 8.53. The van der Waals surface area contributed by atoms with Crippen molar-refractivity contribution in [3.63, 3.8) is 0 Å². The standard InChI is InChI=1S/C18H22N2O2/c1-20(12-11-14-5-9-17(22-2)10-6-14)18(21)13-15-3-7-16(19)8-4-15/h3-10H,11-13,19H2,1-2H3. The number of nitrogens with zero attached hydrogens (tertiary/aromatic N) is 1. The Balaban J connectivity index is 1.84. The maximum absolute atomic E-state index is 12.2. The Labute approximate surface area is 131 Å². The molecule has 4 nitrogen and oxygen atoms in total. The van der Waals surface area contributed by atoms with E-state index in [1.54, 1.807) is 12.0 Å². The Morgan fingerprint density at radius 1 is 1.05 bits per heavy atom. The average Bonchev–Trinajstić information content (AvgIpc) is 2.55. The van der Waals surface area contributed by atoms with Gasteiger partial charge in [-0.2, -0.15) is 0 Å². The van der Waals surface area contributed by atoms with Gasteiger partial charge < -0.3 is 15.4 Å². The van der Waals surface area contributed by atoms with Crippen LogP contribution in [-0.4, -0.2) is 31.5 Å². The SMILES string of the molecule is COc1ccc(CCN(C)C(=O)Cc2ccc(N)cc2)cc1. The molecule has 22 heavy (non-hydrogen) atoms. The third kappa shape index (κ3) is 4.52. The summed E-state index contributed by atoms with van der Waals surface area (Å²) in [6.45, 7) is 0.695. The summed E-state index contributed by atoms with van der Waals surface area (Å²) in [5.74, 6) is 0.954. The quantitative estimate of drug-likeness (QED) is 0.834. The lowest BCUT2D eigenvalue weighted by atomic mass is 10.1. The van der Waals surface area contributed by atoms with E-state index in [9.17, 15) is 4.79 Å². The molecule has 116 valence electrons. The molecule has 1 amide bonds. The Hall–Kier alpha value is -2.49. The van der Waals surface area contributed by atoms with Gasteiger partial charge in [0.05, 0.1) is 13.5 Å². The van der Waals surface area contributed by atoms with Crippen LogP contribution in [0.4, 0.5) is 5.69 Å². The van der Waals surface area contributed by atoms with Crippen LogP contribution >= 0.6 is 0 Å². The molecular formula is C18H22N2O2. The molecule has 0 bridgehead atoms. The first kappa shape index (κ1) is 15.9. The highest BCUT2D eigenvalue weighted by Gasteiger charge is 2.09. The van der Waals surface area contributed by atoms with Crippen LogP contribution in [0, 0.1) is 0 Å². The number of ether oxygens (including phenoxy) is 1. The molecule has 0 fully saturated rings. The largest absolute Gasteiger partial charge is 0.497 e. The fraction of sp³-hybridized carbons (Fsp3) is 0.278. The van der Waals surface area contributed by atoms with Crippen molar-refractivity contribution in [3.8, 4) is 5.75 Å². The molecule has 0 heterocycles. The molecule has 0 radical (unpaired) electrons. The van der Waals surface area contributed by atoms with Crippen LogP contribution in [0.1, 0.15) is 11.1 Å². The molecule has 2 N–H and O–H groups in total. The maximum Gasteiger partial charge on any atom is 0.226 e. The number of likely N-dealkylation sites (N-methyl/N-ethyl adjacent to an activating group) is 1. The summed E-state index contributed by atoms with van der Waals surface area (Å²) >= 11 is 0. The molecule has 2 rings (SSSR count). The summed E-state index contributed by atoms with van der Waals surface area (Å²) in [7, 11) is 3.49. The van der Waals surface area contributed by atoms with Gasteiger partial charge in [-0.25, -0.2) is 0 Å². The molecule has 0 aliphatic carbocycles. The second-order valence-corrected chi connectivity index (χ2v) is 5.33. The monoisotopic (exact) mass is 298 g/mol. The van der Waals surface area contributed by atoms with Crippen molar-refractivity contribution >= 4 is 11.6 Å². The fourth-order valence-corrected chi connectivity index (χ4v) is 2.16. The Bertz CT molecular complexity index is 606. The molecule has 0 aliphatic rings. The Morgan fingerprint density at radius 3 is 2.23 bits per heavy atom. The van der Waals surface area contributed by atoms with Crippen molar-refractivity contribution in [3.05, 3.63) is 59.7 Å². The molecule has 0 saturated carbocycles. The number of rotatable bonds is 6. The summed E-state index contributed by atoms with van der Waals surface area (Å²) in [6.07, 6.45) is 1.23. The lowest BCUT2D eigenvalue weighted by molar-refractivity contribution is -0.129. The molecule has 0 aromatic heterocycles. The van der Waals surface area contributed by atoms with Gasteiger partial charge in [-0.1, -0.05) is 24.3 Å². The number of amides is 1. The van der Waals surface area contributed by atoms with E-state index in [4.69, 9.17) is 10.5 Å². The highest BCUT2D eigenvalue weighted by molar-refractivity contribution is 5.78. The number of methoxy groups -OCH3 is 1. The lowest BCUT2D eigenvalue weighted by Gasteiger charge is -2.17. The Morgan fingerprint density at radius 2 is 1.64 bits per heavy atom. The third-order valence-corrected chi connectivity index (χ3v) is 3.66. The predicted molar refractivity (Wildman–Crippen MR) is 88.9 cm³/mol. The average molecular weight is 298 g/mol. The number of benzene rings is 2. The highest BCUT2D eigenvalue weighted by Crippen LogP contribution is 2.12. The van der Waals surface area contributed by atoms with Crippen LogP contribution in [0.25, 0.3) is 0 Å². The van der Waals surface area contributed by atoms with E-state index < -0.39 is 0 Å². The van der Waals surface area contributed by atoms with Crippen LogP contribution in [-0.2, 0) is 17.6 Å². The van der Waals surface area contributed by atoms with E-state index in [1.807, 2.05) is 55.6 Å². The molecule has 0 atom stereocenters. The zero-order valence-corrected chi connectivity index (χ0v) is 13.1. The molecule has 0 unspecified atom stereocenters. The van der Waals surface area contributed by atoms with Gasteiger partial charge in [0.15, 0.2) is 0 Å². The van der Waals surface area contributed by atoms with E-state index in [0.29, 0.717) is 18.7 Å². The van der Waals surface area contributed by atoms with Gasteiger partial charge in [-0.3, -0.25) is 4.79 Å². The number of carbonyl (C=O) groups is 1. The van der Waals surface area contributed by atoms with Gasteiger partial charge in [0.2, 0.25) is 5.91 Å². The molecule has 0 spiro atoms.